The molecule has 170 valence electrons. The third-order valence-electron chi connectivity index (χ3n) is 6.17. The smallest absolute Gasteiger partial charge is 0.188 e. The van der Waals surface area contributed by atoms with Crippen molar-refractivity contribution in [2.45, 2.75) is 19.4 Å². The Morgan fingerprint density at radius 3 is 2.66 bits per heavy atom. The lowest BCUT2D eigenvalue weighted by Crippen LogP contribution is -2.46. The third kappa shape index (κ3) is 5.06. The van der Waals surface area contributed by atoms with Gasteiger partial charge in [0.1, 0.15) is 11.5 Å². The van der Waals surface area contributed by atoms with Crippen molar-refractivity contribution in [3.8, 4) is 0 Å². The lowest BCUT2D eigenvalue weighted by Gasteiger charge is -2.34. The van der Waals surface area contributed by atoms with Crippen molar-refractivity contribution < 1.29 is 9.53 Å². The quantitative estimate of drug-likeness (QED) is 0.637. The number of carbonyl (C=O) groups is 1. The fraction of sp³-hybridized carbons (Fsp3) is 0.417. The van der Waals surface area contributed by atoms with E-state index in [1.54, 1.807) is 6.21 Å². The molecule has 7 nitrogen and oxygen atoms in total. The maximum atomic E-state index is 12.0. The number of Topliss-reactive ketones (excluding diaryl/α,β-unsaturated/α-hetero) is 1. The van der Waals surface area contributed by atoms with Crippen LogP contribution in [0.1, 0.15) is 18.4 Å². The van der Waals surface area contributed by atoms with E-state index in [-0.39, 0.29) is 18.2 Å². The van der Waals surface area contributed by atoms with Gasteiger partial charge in [0.25, 0.3) is 0 Å². The van der Waals surface area contributed by atoms with E-state index in [1.165, 1.54) is 5.56 Å². The van der Waals surface area contributed by atoms with E-state index in [9.17, 15) is 4.79 Å². The number of piperazine rings is 1. The maximum Gasteiger partial charge on any atom is 0.188 e. The largest absolute Gasteiger partial charge is 0.496 e. The third-order valence-corrected chi connectivity index (χ3v) is 6.17. The van der Waals surface area contributed by atoms with Gasteiger partial charge in [-0.15, -0.1) is 12.4 Å². The summed E-state index contributed by atoms with van der Waals surface area (Å²) in [6.45, 7) is 7.92. The minimum atomic E-state index is 0. The van der Waals surface area contributed by atoms with E-state index in [0.717, 1.165) is 57.1 Å². The van der Waals surface area contributed by atoms with Gasteiger partial charge in [0.2, 0.25) is 0 Å². The summed E-state index contributed by atoms with van der Waals surface area (Å²) >= 11 is 0. The van der Waals surface area contributed by atoms with Crippen LogP contribution in [0.2, 0.25) is 0 Å². The fourth-order valence-corrected chi connectivity index (χ4v) is 4.45. The van der Waals surface area contributed by atoms with E-state index in [0.29, 0.717) is 31.1 Å². The van der Waals surface area contributed by atoms with Crippen LogP contribution < -0.4 is 5.32 Å². The molecule has 0 atom stereocenters. The first-order chi connectivity index (χ1) is 15.3. The van der Waals surface area contributed by atoms with E-state index in [2.05, 4.69) is 50.4 Å². The summed E-state index contributed by atoms with van der Waals surface area (Å²) in [5.41, 5.74) is 2.98. The van der Waals surface area contributed by atoms with Crippen molar-refractivity contribution in [1.29, 1.82) is 0 Å². The van der Waals surface area contributed by atoms with Gasteiger partial charge in [0.05, 0.1) is 18.8 Å². The molecule has 32 heavy (non-hydrogen) atoms. The van der Waals surface area contributed by atoms with Crippen LogP contribution in [0.25, 0.3) is 0 Å². The molecule has 0 spiro atoms. The second-order valence-corrected chi connectivity index (χ2v) is 8.35. The molecule has 0 bridgehead atoms. The number of hydrogen-bond acceptors (Lipinski definition) is 7. The topological polar surface area (TPSA) is 60.4 Å². The predicted octanol–water partition coefficient (Wildman–Crippen LogP) is 2.49. The Labute approximate surface area is 195 Å². The van der Waals surface area contributed by atoms with Gasteiger partial charge in [0, 0.05) is 64.2 Å². The van der Waals surface area contributed by atoms with E-state index >= 15 is 0 Å². The van der Waals surface area contributed by atoms with Crippen LogP contribution in [0.5, 0.6) is 0 Å². The Morgan fingerprint density at radius 2 is 1.84 bits per heavy atom. The normalized spacial score (nSPS) is 20.8. The lowest BCUT2D eigenvalue weighted by molar-refractivity contribution is -0.115. The summed E-state index contributed by atoms with van der Waals surface area (Å²) in [6, 6.07) is 10.7. The van der Waals surface area contributed by atoms with Gasteiger partial charge in [-0.25, -0.2) is 4.99 Å². The van der Waals surface area contributed by atoms with Crippen LogP contribution >= 0.6 is 12.4 Å². The zero-order valence-corrected chi connectivity index (χ0v) is 19.0. The van der Waals surface area contributed by atoms with Crippen LogP contribution in [0.4, 0.5) is 0 Å². The molecule has 1 N–H and O–H groups in total. The summed E-state index contributed by atoms with van der Waals surface area (Å²) < 4.78 is 6.05. The van der Waals surface area contributed by atoms with Gasteiger partial charge in [-0.2, -0.15) is 0 Å². The first-order valence-electron chi connectivity index (χ1n) is 11.1. The minimum absolute atomic E-state index is 0. The second kappa shape index (κ2) is 10.3. The van der Waals surface area contributed by atoms with Crippen molar-refractivity contribution in [3.05, 3.63) is 71.1 Å². The van der Waals surface area contributed by atoms with E-state index in [1.807, 2.05) is 17.2 Å². The Morgan fingerprint density at radius 1 is 1.06 bits per heavy atom. The number of allylic oxidation sites excluding steroid dienone is 2. The number of hydrogen-bond donors (Lipinski definition) is 1. The van der Waals surface area contributed by atoms with Crippen LogP contribution in [0, 0.1) is 0 Å². The molecule has 0 unspecified atom stereocenters. The average Bonchev–Trinajstić information content (AvgIpc) is 3.22. The van der Waals surface area contributed by atoms with Gasteiger partial charge in [-0.3, -0.25) is 9.69 Å². The average molecular weight is 456 g/mol. The van der Waals surface area contributed by atoms with Gasteiger partial charge in [0.15, 0.2) is 11.6 Å². The van der Waals surface area contributed by atoms with Crippen molar-refractivity contribution in [2.75, 3.05) is 45.9 Å². The first kappa shape index (κ1) is 22.6. The first-order valence-corrected chi connectivity index (χ1v) is 11.1. The Bertz CT molecular complexity index is 948. The number of halogens is 1. The highest BCUT2D eigenvalue weighted by molar-refractivity contribution is 6.05. The molecular weight excluding hydrogens is 426 g/mol. The summed E-state index contributed by atoms with van der Waals surface area (Å²) in [6.07, 6.45) is 6.96. The van der Waals surface area contributed by atoms with Crippen molar-refractivity contribution in [3.63, 3.8) is 0 Å². The number of nitrogens with zero attached hydrogens (tertiary/aromatic N) is 4. The van der Waals surface area contributed by atoms with Crippen LogP contribution in [0.15, 0.2) is 70.6 Å². The van der Waals surface area contributed by atoms with Crippen LogP contribution in [0.3, 0.4) is 0 Å². The van der Waals surface area contributed by atoms with Crippen molar-refractivity contribution in [1.82, 2.24) is 20.0 Å². The fourth-order valence-electron chi connectivity index (χ4n) is 4.45. The second-order valence-electron chi connectivity index (χ2n) is 8.35. The van der Waals surface area contributed by atoms with Crippen LogP contribution in [-0.2, 0) is 16.1 Å². The molecule has 4 aliphatic rings. The van der Waals surface area contributed by atoms with Gasteiger partial charge in [-0.05, 0) is 12.0 Å². The van der Waals surface area contributed by atoms with Gasteiger partial charge >= 0.3 is 0 Å². The molecule has 1 aromatic carbocycles. The number of rotatable bonds is 7. The molecule has 0 radical (unpaired) electrons. The number of ether oxygens (including phenoxy) is 1. The molecule has 4 aliphatic heterocycles. The van der Waals surface area contributed by atoms with Gasteiger partial charge in [-0.1, -0.05) is 30.3 Å². The molecular formula is C24H30ClN5O2. The molecule has 0 amide bonds. The summed E-state index contributed by atoms with van der Waals surface area (Å²) in [5, 5.41) is 3.09. The Kier molecular flexibility index (Phi) is 7.29. The molecule has 1 fully saturated rings. The highest BCUT2D eigenvalue weighted by Crippen LogP contribution is 2.31. The summed E-state index contributed by atoms with van der Waals surface area (Å²) in [5.74, 6) is 1.72. The van der Waals surface area contributed by atoms with E-state index in [4.69, 9.17) is 4.74 Å². The zero-order valence-electron chi connectivity index (χ0n) is 18.2. The molecule has 0 aliphatic carbocycles. The number of carbonyl (C=O) groups excluding carboxylic acids is 1. The Balaban J connectivity index is 0.00000245. The standard InChI is InChI=1S/C24H29N5O2.ClH/c30-22-7-8-25-24-23(22)26-16-20-15-21(18-29(20)24)31-14-4-9-27-10-12-28(13-11-27)17-19-5-2-1-3-6-19;/h1-3,5-6,8,15-16,26H,4,7,9-14,17-18H2;1H. The molecule has 0 saturated carbocycles. The molecule has 5 rings (SSSR count). The number of nitrogens with one attached hydrogen (secondary N) is 1. The number of benzene rings is 1. The van der Waals surface area contributed by atoms with Crippen molar-refractivity contribution >= 4 is 24.4 Å². The van der Waals surface area contributed by atoms with Crippen molar-refractivity contribution in [2.24, 2.45) is 4.99 Å². The van der Waals surface area contributed by atoms with E-state index < -0.39 is 0 Å². The number of ketones is 1. The molecule has 1 saturated heterocycles. The highest BCUT2D eigenvalue weighted by Gasteiger charge is 2.31. The van der Waals surface area contributed by atoms with Gasteiger partial charge < -0.3 is 19.9 Å². The maximum absolute atomic E-state index is 12.0. The molecule has 4 heterocycles. The zero-order chi connectivity index (χ0) is 21.0. The van der Waals surface area contributed by atoms with Crippen LogP contribution in [-0.4, -0.2) is 72.6 Å². The number of fused-ring (bicyclic) bond motifs is 2. The molecule has 8 heteroatoms. The molecule has 0 aromatic heterocycles. The minimum Gasteiger partial charge on any atom is -0.496 e. The Hall–Kier alpha value is -2.61. The molecule has 1 aromatic rings. The SMILES string of the molecule is Cl.O=C1CC=NC2=C1NC=C1C=C(OCCCN3CCN(Cc4ccccc4)CC3)CN12. The predicted molar refractivity (Wildman–Crippen MR) is 127 cm³/mol. The summed E-state index contributed by atoms with van der Waals surface area (Å²) in [4.78, 5) is 23.6. The lowest BCUT2D eigenvalue weighted by atomic mass is 10.1. The highest BCUT2D eigenvalue weighted by atomic mass is 35.5. The summed E-state index contributed by atoms with van der Waals surface area (Å²) in [7, 11) is 0. The monoisotopic (exact) mass is 455 g/mol. The number of aliphatic imine (C=N–C) groups is 1.